The molecule has 50 heavy (non-hydrogen) atoms. The highest BCUT2D eigenvalue weighted by Crippen LogP contribution is 2.54. The molecule has 0 spiro atoms. The second-order valence-electron chi connectivity index (χ2n) is 11.9. The van der Waals surface area contributed by atoms with E-state index in [1.54, 1.807) is 42.3 Å². The van der Waals surface area contributed by atoms with Gasteiger partial charge in [-0.1, -0.05) is 48.5 Å². The Labute approximate surface area is 279 Å². The Kier molecular flexibility index (Phi) is 8.66. The van der Waals surface area contributed by atoms with Gasteiger partial charge in [-0.2, -0.15) is 31.4 Å². The van der Waals surface area contributed by atoms with Crippen molar-refractivity contribution in [3.05, 3.63) is 143 Å². The molecule has 0 radical (unpaired) electrons. The van der Waals surface area contributed by atoms with Crippen LogP contribution in [-0.2, 0) is 51.4 Å². The lowest BCUT2D eigenvalue weighted by molar-refractivity contribution is -0.392. The van der Waals surface area contributed by atoms with Crippen molar-refractivity contribution in [2.45, 2.75) is 47.0 Å². The molecule has 6 rings (SSSR count). The average Bonchev–Trinajstić information content (AvgIpc) is 3.66. The Hall–Kier alpha value is -4.63. The average molecular weight is 725 g/mol. The zero-order chi connectivity index (χ0) is 36.3. The fourth-order valence-electron chi connectivity index (χ4n) is 6.37. The van der Waals surface area contributed by atoms with E-state index in [0.717, 1.165) is 42.5 Å². The minimum absolute atomic E-state index is 0.150. The van der Waals surface area contributed by atoms with Gasteiger partial charge in [0.1, 0.15) is 22.2 Å². The number of fused-ring (bicyclic) bond motifs is 1. The number of aryl methyl sites for hydroxylation is 1. The first-order valence-electron chi connectivity index (χ1n) is 14.8. The molecule has 1 unspecified atom stereocenters. The van der Waals surface area contributed by atoms with Crippen molar-refractivity contribution in [2.24, 2.45) is 7.05 Å². The molecule has 15 heteroatoms. The van der Waals surface area contributed by atoms with E-state index < -0.39 is 67.7 Å². The zero-order valence-electron chi connectivity index (χ0n) is 25.8. The second-order valence-corrected chi connectivity index (χ2v) is 14.2. The third-order valence-electron chi connectivity index (χ3n) is 8.95. The van der Waals surface area contributed by atoms with Crippen molar-refractivity contribution >= 4 is 9.84 Å². The first-order valence-corrected chi connectivity index (χ1v) is 16.3. The van der Waals surface area contributed by atoms with Gasteiger partial charge in [0.15, 0.2) is 9.84 Å². The summed E-state index contributed by atoms with van der Waals surface area (Å²) in [6.07, 6.45) is -9.52. The molecule has 0 saturated heterocycles. The maximum absolute atomic E-state index is 14.6. The quantitative estimate of drug-likeness (QED) is 0.119. The minimum Gasteiger partial charge on any atom is -0.349 e. The molecule has 262 valence electrons. The summed E-state index contributed by atoms with van der Waals surface area (Å²) in [5.41, 5.74) is -5.35. The van der Waals surface area contributed by atoms with E-state index in [1.807, 2.05) is 0 Å². The van der Waals surface area contributed by atoms with E-state index in [0.29, 0.717) is 46.5 Å². The first kappa shape index (κ1) is 35.2. The highest BCUT2D eigenvalue weighted by Gasteiger charge is 2.73. The lowest BCUT2D eigenvalue weighted by Gasteiger charge is -2.38. The van der Waals surface area contributed by atoms with Gasteiger partial charge in [0, 0.05) is 29.9 Å². The molecule has 0 bridgehead atoms. The summed E-state index contributed by atoms with van der Waals surface area (Å²) in [7, 11) is -2.81. The SMILES string of the molecule is Cn1cc(-c2ccc3c(c2)CC(c2ccc(C(OCc4c(F)cccc4F)(C(F)(F)F)C(F)(F)F)cc2)(S(=O)(=O)c2ccc(F)cc2)C3)cn1. The molecule has 0 fully saturated rings. The van der Waals surface area contributed by atoms with Crippen molar-refractivity contribution in [2.75, 3.05) is 0 Å². The number of alkyl halides is 6. The van der Waals surface area contributed by atoms with Gasteiger partial charge in [-0.15, -0.1) is 0 Å². The van der Waals surface area contributed by atoms with E-state index in [1.165, 1.54) is 0 Å². The summed E-state index contributed by atoms with van der Waals surface area (Å²) in [5, 5.41) is 4.13. The highest BCUT2D eigenvalue weighted by molar-refractivity contribution is 7.92. The summed E-state index contributed by atoms with van der Waals surface area (Å²) in [6.45, 7) is -1.74. The van der Waals surface area contributed by atoms with Crippen molar-refractivity contribution in [1.82, 2.24) is 9.78 Å². The van der Waals surface area contributed by atoms with Crippen molar-refractivity contribution in [1.29, 1.82) is 0 Å². The monoisotopic (exact) mass is 724 g/mol. The number of sulfone groups is 1. The highest BCUT2D eigenvalue weighted by atomic mass is 32.2. The van der Waals surface area contributed by atoms with Gasteiger partial charge in [-0.05, 0) is 71.5 Å². The lowest BCUT2D eigenvalue weighted by atomic mass is 9.88. The van der Waals surface area contributed by atoms with Gasteiger partial charge < -0.3 is 4.74 Å². The number of hydrogen-bond acceptors (Lipinski definition) is 4. The van der Waals surface area contributed by atoms with Crippen LogP contribution in [0.4, 0.5) is 39.5 Å². The summed E-state index contributed by atoms with van der Waals surface area (Å²) >= 11 is 0. The van der Waals surface area contributed by atoms with Crippen LogP contribution < -0.4 is 0 Å². The fraction of sp³-hybridized carbons (Fsp3) is 0.229. The van der Waals surface area contributed by atoms with Gasteiger partial charge in [0.05, 0.1) is 17.7 Å². The molecule has 1 aliphatic rings. The number of aromatic nitrogens is 2. The van der Waals surface area contributed by atoms with Crippen molar-refractivity contribution in [3.8, 4) is 11.1 Å². The third-order valence-corrected chi connectivity index (χ3v) is 11.4. The van der Waals surface area contributed by atoms with Gasteiger partial charge in [0.2, 0.25) is 0 Å². The molecule has 0 N–H and O–H groups in total. The molecular weight excluding hydrogens is 699 g/mol. The Bertz CT molecular complexity index is 2130. The maximum Gasteiger partial charge on any atom is 0.430 e. The predicted octanol–water partition coefficient (Wildman–Crippen LogP) is 8.51. The van der Waals surface area contributed by atoms with Gasteiger partial charge >= 0.3 is 12.4 Å². The van der Waals surface area contributed by atoms with E-state index in [-0.39, 0.29) is 23.3 Å². The normalized spacial score (nSPS) is 16.8. The number of hydrogen-bond donors (Lipinski definition) is 0. The van der Waals surface area contributed by atoms with Crippen LogP contribution in [0.1, 0.15) is 27.8 Å². The largest absolute Gasteiger partial charge is 0.430 e. The molecule has 1 aromatic heterocycles. The number of benzene rings is 4. The number of rotatable bonds is 8. The van der Waals surface area contributed by atoms with Crippen LogP contribution in [0.15, 0.2) is 102 Å². The molecule has 0 aliphatic heterocycles. The van der Waals surface area contributed by atoms with Crippen molar-refractivity contribution in [3.63, 3.8) is 0 Å². The number of ether oxygens (including phenoxy) is 1. The lowest BCUT2D eigenvalue weighted by Crippen LogP contribution is -2.56. The van der Waals surface area contributed by atoms with E-state index in [2.05, 4.69) is 9.84 Å². The van der Waals surface area contributed by atoms with Crippen LogP contribution in [0, 0.1) is 17.5 Å². The first-order chi connectivity index (χ1) is 23.4. The molecule has 5 nitrogen and oxygen atoms in total. The molecule has 0 amide bonds. The molecule has 1 heterocycles. The predicted molar refractivity (Wildman–Crippen MR) is 163 cm³/mol. The molecule has 5 aromatic rings. The summed E-state index contributed by atoms with van der Waals surface area (Å²) in [6, 6.07) is 13.8. The Morgan fingerprint density at radius 2 is 1.38 bits per heavy atom. The molecule has 4 aromatic carbocycles. The zero-order valence-corrected chi connectivity index (χ0v) is 26.6. The summed E-state index contributed by atoms with van der Waals surface area (Å²) < 4.78 is 163. The Balaban J connectivity index is 1.48. The number of nitrogens with zero attached hydrogens (tertiary/aromatic N) is 2. The van der Waals surface area contributed by atoms with E-state index in [9.17, 15) is 47.9 Å². The van der Waals surface area contributed by atoms with E-state index in [4.69, 9.17) is 0 Å². The molecule has 0 saturated carbocycles. The molecule has 1 aliphatic carbocycles. The summed E-state index contributed by atoms with van der Waals surface area (Å²) in [5.74, 6) is -3.57. The van der Waals surface area contributed by atoms with Crippen LogP contribution in [0.2, 0.25) is 0 Å². The van der Waals surface area contributed by atoms with Gasteiger partial charge in [-0.3, -0.25) is 4.68 Å². The van der Waals surface area contributed by atoms with Crippen LogP contribution in [0.25, 0.3) is 11.1 Å². The topological polar surface area (TPSA) is 61.2 Å². The summed E-state index contributed by atoms with van der Waals surface area (Å²) in [4.78, 5) is -0.321. The second kappa shape index (κ2) is 12.3. The molecule has 1 atom stereocenters. The minimum atomic E-state index is -6.20. The van der Waals surface area contributed by atoms with Crippen LogP contribution in [0.3, 0.4) is 0 Å². The third kappa shape index (κ3) is 5.75. The van der Waals surface area contributed by atoms with Gasteiger partial charge in [0.25, 0.3) is 5.60 Å². The molecular formula is C35H25F9N2O3S. The Morgan fingerprint density at radius 3 is 1.94 bits per heavy atom. The maximum atomic E-state index is 14.6. The van der Waals surface area contributed by atoms with Crippen LogP contribution in [-0.4, -0.2) is 30.6 Å². The smallest absolute Gasteiger partial charge is 0.349 e. The van der Waals surface area contributed by atoms with Crippen LogP contribution >= 0.6 is 0 Å². The van der Waals surface area contributed by atoms with Crippen LogP contribution in [0.5, 0.6) is 0 Å². The Morgan fingerprint density at radius 1 is 0.780 bits per heavy atom. The van der Waals surface area contributed by atoms with E-state index >= 15 is 0 Å². The standard InChI is InChI=1S/C35H25F9N2O3S/c1-46-19-24(18-45-46)21-5-6-22-16-32(17-23(22)15-21,50(47,48)28-13-11-27(36)12-14-28)25-7-9-26(10-8-25)33(34(39,40)41,35(42,43)44)49-20-29-30(37)3-2-4-31(29)38/h2-15,18-19H,16-17,20H2,1H3. The number of halogens is 9. The van der Waals surface area contributed by atoms with Gasteiger partial charge in [-0.25, -0.2) is 21.6 Å². The fourth-order valence-corrected chi connectivity index (χ4v) is 8.46. The van der Waals surface area contributed by atoms with Crippen molar-refractivity contribution < 1.29 is 52.7 Å².